The van der Waals surface area contributed by atoms with Gasteiger partial charge in [-0.2, -0.15) is 0 Å². The molecule has 162 valence electrons. The van der Waals surface area contributed by atoms with Gasteiger partial charge < -0.3 is 9.80 Å². The van der Waals surface area contributed by atoms with E-state index in [1.807, 2.05) is 15.9 Å². The van der Waals surface area contributed by atoms with Gasteiger partial charge in [0.15, 0.2) is 0 Å². The average Bonchev–Trinajstić information content (AvgIpc) is 3.40. The summed E-state index contributed by atoms with van der Waals surface area (Å²) in [4.78, 5) is 30.1. The first-order chi connectivity index (χ1) is 14.6. The predicted octanol–water partition coefficient (Wildman–Crippen LogP) is 4.55. The first-order valence-corrected chi connectivity index (χ1v) is 11.9. The van der Waals surface area contributed by atoms with Crippen LogP contribution in [0.15, 0.2) is 24.3 Å². The summed E-state index contributed by atoms with van der Waals surface area (Å²) in [5, 5.41) is 0. The quantitative estimate of drug-likeness (QED) is 0.712. The van der Waals surface area contributed by atoms with Crippen molar-refractivity contribution < 1.29 is 14.0 Å². The highest BCUT2D eigenvalue weighted by Crippen LogP contribution is 2.47. The van der Waals surface area contributed by atoms with E-state index in [4.69, 9.17) is 0 Å². The molecule has 4 aliphatic rings. The summed E-state index contributed by atoms with van der Waals surface area (Å²) in [5.41, 5.74) is 0.885. The molecule has 0 unspecified atom stereocenters. The maximum atomic E-state index is 14.0. The number of benzene rings is 1. The van der Waals surface area contributed by atoms with Gasteiger partial charge in [-0.15, -0.1) is 0 Å². The molecule has 0 spiro atoms. The second-order valence-electron chi connectivity index (χ2n) is 10.0. The molecule has 5 heteroatoms. The van der Waals surface area contributed by atoms with Crippen LogP contribution in [0.5, 0.6) is 0 Å². The third-order valence-electron chi connectivity index (χ3n) is 8.19. The largest absolute Gasteiger partial charge is 0.342 e. The van der Waals surface area contributed by atoms with Gasteiger partial charge in [0.05, 0.1) is 6.04 Å². The summed E-state index contributed by atoms with van der Waals surface area (Å²) < 4.78 is 14.0. The van der Waals surface area contributed by atoms with Gasteiger partial charge in [-0.3, -0.25) is 9.59 Å². The lowest BCUT2D eigenvalue weighted by molar-refractivity contribution is -0.140. The monoisotopic (exact) mass is 412 g/mol. The third kappa shape index (κ3) is 3.76. The maximum Gasteiger partial charge on any atom is 0.226 e. The second-order valence-corrected chi connectivity index (χ2v) is 10.0. The number of nitrogens with zero attached hydrogens (tertiary/aromatic N) is 2. The molecule has 0 radical (unpaired) electrons. The third-order valence-corrected chi connectivity index (χ3v) is 8.19. The average molecular weight is 413 g/mol. The molecule has 2 aliphatic carbocycles. The van der Waals surface area contributed by atoms with Crippen molar-refractivity contribution in [2.75, 3.05) is 19.6 Å². The Bertz CT molecular complexity index is 802. The van der Waals surface area contributed by atoms with Crippen molar-refractivity contribution in [1.82, 2.24) is 9.80 Å². The first-order valence-electron chi connectivity index (χ1n) is 11.9. The molecular weight excluding hydrogens is 379 g/mol. The number of amides is 2. The zero-order valence-corrected chi connectivity index (χ0v) is 17.8. The molecule has 2 saturated heterocycles. The summed E-state index contributed by atoms with van der Waals surface area (Å²) in [5.74, 6) is 1.64. The van der Waals surface area contributed by atoms with Gasteiger partial charge >= 0.3 is 0 Å². The molecule has 4 fully saturated rings. The van der Waals surface area contributed by atoms with E-state index < -0.39 is 0 Å². The number of halogens is 1. The van der Waals surface area contributed by atoms with Crippen molar-refractivity contribution in [3.8, 4) is 0 Å². The lowest BCUT2D eigenvalue weighted by Gasteiger charge is -2.35. The van der Waals surface area contributed by atoms with Crippen molar-refractivity contribution >= 4 is 11.8 Å². The van der Waals surface area contributed by atoms with Crippen LogP contribution >= 0.6 is 0 Å². The molecule has 5 rings (SSSR count). The van der Waals surface area contributed by atoms with Crippen molar-refractivity contribution in [2.24, 2.45) is 23.7 Å². The van der Waals surface area contributed by atoms with Crippen LogP contribution in [0.25, 0.3) is 0 Å². The van der Waals surface area contributed by atoms with Crippen LogP contribution in [0.2, 0.25) is 0 Å². The minimum atomic E-state index is -0.255. The number of carbonyl (C=O) groups is 2. The lowest BCUT2D eigenvalue weighted by atomic mass is 9.83. The maximum absolute atomic E-state index is 14.0. The van der Waals surface area contributed by atoms with E-state index in [1.54, 1.807) is 12.1 Å². The van der Waals surface area contributed by atoms with E-state index in [9.17, 15) is 14.0 Å². The number of hydrogen-bond donors (Lipinski definition) is 0. The molecule has 1 aromatic rings. The van der Waals surface area contributed by atoms with Crippen LogP contribution in [0.1, 0.15) is 69.4 Å². The van der Waals surface area contributed by atoms with E-state index in [0.29, 0.717) is 25.4 Å². The molecule has 0 N–H and O–H groups in total. The fourth-order valence-corrected chi connectivity index (χ4v) is 6.27. The van der Waals surface area contributed by atoms with Crippen LogP contribution in [-0.2, 0) is 9.59 Å². The molecule has 4 nitrogen and oxygen atoms in total. The Labute approximate surface area is 178 Å². The van der Waals surface area contributed by atoms with Crippen LogP contribution in [-0.4, -0.2) is 41.2 Å². The Morgan fingerprint density at radius 1 is 1.00 bits per heavy atom. The highest BCUT2D eigenvalue weighted by atomic mass is 19.1. The van der Waals surface area contributed by atoms with Gasteiger partial charge in [0, 0.05) is 43.8 Å². The highest BCUT2D eigenvalue weighted by molar-refractivity contribution is 5.81. The summed E-state index contributed by atoms with van der Waals surface area (Å²) in [6.07, 6.45) is 9.93. The number of carbonyl (C=O) groups excluding carboxylic acids is 2. The number of likely N-dealkylation sites (tertiary alicyclic amines) is 2. The van der Waals surface area contributed by atoms with E-state index >= 15 is 0 Å². The summed E-state index contributed by atoms with van der Waals surface area (Å²) in [6, 6.07) is 6.62. The van der Waals surface area contributed by atoms with Crippen molar-refractivity contribution in [2.45, 2.75) is 63.8 Å². The van der Waals surface area contributed by atoms with Gasteiger partial charge in [-0.05, 0) is 42.9 Å². The summed E-state index contributed by atoms with van der Waals surface area (Å²) in [6.45, 7) is 2.14. The van der Waals surface area contributed by atoms with Crippen molar-refractivity contribution in [1.29, 1.82) is 0 Å². The Hall–Kier alpha value is -1.91. The number of rotatable bonds is 5. The SMILES string of the molecule is O=C(CCC1CCCC1)N1C[C@H]2CN(C(=O)C3CCC3)[C@H](c3cccc(F)c3)[C@H]2C1. The fourth-order valence-electron chi connectivity index (χ4n) is 6.27. The van der Waals surface area contributed by atoms with Crippen molar-refractivity contribution in [3.05, 3.63) is 35.6 Å². The normalized spacial score (nSPS) is 29.3. The Morgan fingerprint density at radius 2 is 1.80 bits per heavy atom. The standard InChI is InChI=1S/C25H33FN2O2/c26-21-10-4-9-19(13-21)24-22-16-27(23(29)12-11-17-5-1-2-6-17)14-20(22)15-28(24)25(30)18-7-3-8-18/h4,9-10,13,17-18,20,22,24H,1-3,5-8,11-12,14-16H2/t20-,22-,24+/m0/s1. The molecule has 0 bridgehead atoms. The second kappa shape index (κ2) is 8.32. The lowest BCUT2D eigenvalue weighted by Crippen LogP contribution is -2.41. The van der Waals surface area contributed by atoms with E-state index in [2.05, 4.69) is 0 Å². The zero-order valence-electron chi connectivity index (χ0n) is 17.8. The van der Waals surface area contributed by atoms with E-state index in [-0.39, 0.29) is 35.5 Å². The van der Waals surface area contributed by atoms with Gasteiger partial charge in [-0.25, -0.2) is 4.39 Å². The zero-order chi connectivity index (χ0) is 20.7. The highest BCUT2D eigenvalue weighted by Gasteiger charge is 2.51. The van der Waals surface area contributed by atoms with Gasteiger partial charge in [-0.1, -0.05) is 44.2 Å². The van der Waals surface area contributed by atoms with Crippen LogP contribution in [0, 0.1) is 29.5 Å². The molecule has 1 aromatic carbocycles. The number of fused-ring (bicyclic) bond motifs is 1. The minimum Gasteiger partial charge on any atom is -0.342 e. The predicted molar refractivity (Wildman–Crippen MR) is 113 cm³/mol. The Morgan fingerprint density at radius 3 is 2.50 bits per heavy atom. The molecular formula is C25H33FN2O2. The molecule has 3 atom stereocenters. The topological polar surface area (TPSA) is 40.6 Å². The fraction of sp³-hybridized carbons (Fsp3) is 0.680. The van der Waals surface area contributed by atoms with Crippen LogP contribution < -0.4 is 0 Å². The summed E-state index contributed by atoms with van der Waals surface area (Å²) in [7, 11) is 0. The molecule has 30 heavy (non-hydrogen) atoms. The van der Waals surface area contributed by atoms with Gasteiger partial charge in [0.25, 0.3) is 0 Å². The summed E-state index contributed by atoms with van der Waals surface area (Å²) >= 11 is 0. The molecule has 2 amide bonds. The van der Waals surface area contributed by atoms with Gasteiger partial charge in [0.1, 0.15) is 5.82 Å². The Balaban J connectivity index is 1.30. The van der Waals surface area contributed by atoms with Gasteiger partial charge in [0.2, 0.25) is 11.8 Å². The van der Waals surface area contributed by atoms with Crippen molar-refractivity contribution in [3.63, 3.8) is 0 Å². The van der Waals surface area contributed by atoms with Crippen LogP contribution in [0.4, 0.5) is 4.39 Å². The number of hydrogen-bond acceptors (Lipinski definition) is 2. The molecule has 2 aliphatic heterocycles. The first kappa shape index (κ1) is 20.0. The van der Waals surface area contributed by atoms with E-state index in [1.165, 1.54) is 31.7 Å². The molecule has 0 aromatic heterocycles. The Kier molecular flexibility index (Phi) is 5.55. The minimum absolute atomic E-state index is 0.105. The van der Waals surface area contributed by atoms with Crippen LogP contribution in [0.3, 0.4) is 0 Å². The molecule has 2 heterocycles. The van der Waals surface area contributed by atoms with E-state index in [0.717, 1.165) is 43.7 Å². The molecule has 2 saturated carbocycles. The smallest absolute Gasteiger partial charge is 0.226 e.